The number of thiophene rings is 1. The number of hydrogen-bond acceptors (Lipinski definition) is 5. The SMILES string of the molecule is CCC(C)NC(=O)c1sc2ncnc(N(CC)CC)c2c1C. The van der Waals surface area contributed by atoms with E-state index in [0.717, 1.165) is 46.0 Å². The first-order chi connectivity index (χ1) is 10.5. The summed E-state index contributed by atoms with van der Waals surface area (Å²) < 4.78 is 0. The highest BCUT2D eigenvalue weighted by Crippen LogP contribution is 2.34. The van der Waals surface area contributed by atoms with E-state index in [9.17, 15) is 4.79 Å². The van der Waals surface area contributed by atoms with Crippen molar-refractivity contribution >= 4 is 33.3 Å². The molecule has 6 heteroatoms. The van der Waals surface area contributed by atoms with E-state index >= 15 is 0 Å². The predicted molar refractivity (Wildman–Crippen MR) is 92.9 cm³/mol. The molecular formula is C16H24N4OS. The van der Waals surface area contributed by atoms with E-state index in [2.05, 4.69) is 41.0 Å². The summed E-state index contributed by atoms with van der Waals surface area (Å²) in [6.45, 7) is 12.0. The molecule has 22 heavy (non-hydrogen) atoms. The standard InChI is InChI=1S/C16H24N4OS/c1-6-10(4)19-15(21)13-11(5)12-14(20(7-2)8-3)17-9-18-16(12)22-13/h9-10H,6-8H2,1-5H3,(H,19,21). The van der Waals surface area contributed by atoms with Crippen LogP contribution in [0.1, 0.15) is 49.4 Å². The van der Waals surface area contributed by atoms with Gasteiger partial charge in [0, 0.05) is 19.1 Å². The van der Waals surface area contributed by atoms with Crippen molar-refractivity contribution in [3.05, 3.63) is 16.8 Å². The van der Waals surface area contributed by atoms with Crippen LogP contribution in [-0.4, -0.2) is 35.0 Å². The van der Waals surface area contributed by atoms with Gasteiger partial charge in [-0.05, 0) is 39.7 Å². The van der Waals surface area contributed by atoms with Crippen molar-refractivity contribution in [1.82, 2.24) is 15.3 Å². The van der Waals surface area contributed by atoms with Gasteiger partial charge >= 0.3 is 0 Å². The summed E-state index contributed by atoms with van der Waals surface area (Å²) in [4.78, 5) is 25.1. The highest BCUT2D eigenvalue weighted by Gasteiger charge is 2.21. The van der Waals surface area contributed by atoms with Gasteiger partial charge < -0.3 is 10.2 Å². The molecule has 0 fully saturated rings. The number of hydrogen-bond donors (Lipinski definition) is 1. The van der Waals surface area contributed by atoms with Gasteiger partial charge in [-0.1, -0.05) is 6.92 Å². The van der Waals surface area contributed by atoms with Crippen molar-refractivity contribution < 1.29 is 4.79 Å². The maximum absolute atomic E-state index is 12.5. The highest BCUT2D eigenvalue weighted by molar-refractivity contribution is 7.20. The fraction of sp³-hybridized carbons (Fsp3) is 0.562. The molecule has 0 aliphatic rings. The molecule has 0 saturated carbocycles. The number of nitrogens with zero attached hydrogens (tertiary/aromatic N) is 3. The number of carbonyl (C=O) groups is 1. The van der Waals surface area contributed by atoms with Crippen LogP contribution in [0.2, 0.25) is 0 Å². The van der Waals surface area contributed by atoms with E-state index in [0.29, 0.717) is 0 Å². The van der Waals surface area contributed by atoms with Gasteiger partial charge in [-0.25, -0.2) is 9.97 Å². The Kier molecular flexibility index (Phi) is 5.34. The first kappa shape index (κ1) is 16.7. The lowest BCUT2D eigenvalue weighted by atomic mass is 10.1. The summed E-state index contributed by atoms with van der Waals surface area (Å²) in [6, 6.07) is 0.172. The van der Waals surface area contributed by atoms with Gasteiger partial charge in [-0.2, -0.15) is 0 Å². The maximum Gasteiger partial charge on any atom is 0.261 e. The minimum Gasteiger partial charge on any atom is -0.357 e. The molecule has 2 aromatic heterocycles. The van der Waals surface area contributed by atoms with Crippen molar-refractivity contribution in [2.24, 2.45) is 0 Å². The second-order valence-electron chi connectivity index (χ2n) is 5.39. The molecule has 0 aromatic carbocycles. The number of aromatic nitrogens is 2. The highest BCUT2D eigenvalue weighted by atomic mass is 32.1. The van der Waals surface area contributed by atoms with Crippen LogP contribution in [0, 0.1) is 6.92 Å². The minimum absolute atomic E-state index is 0.0136. The van der Waals surface area contributed by atoms with E-state index in [-0.39, 0.29) is 11.9 Å². The Morgan fingerprint density at radius 3 is 2.59 bits per heavy atom. The summed E-state index contributed by atoms with van der Waals surface area (Å²) in [5.41, 5.74) is 0.975. The molecule has 0 bridgehead atoms. The Hall–Kier alpha value is -1.69. The number of nitrogens with one attached hydrogen (secondary N) is 1. The Morgan fingerprint density at radius 2 is 2.00 bits per heavy atom. The fourth-order valence-corrected chi connectivity index (χ4v) is 3.47. The topological polar surface area (TPSA) is 58.1 Å². The first-order valence-electron chi connectivity index (χ1n) is 7.83. The predicted octanol–water partition coefficient (Wildman–Crippen LogP) is 3.37. The van der Waals surface area contributed by atoms with E-state index < -0.39 is 0 Å². The molecule has 0 saturated heterocycles. The van der Waals surface area contributed by atoms with Crippen LogP contribution in [0.3, 0.4) is 0 Å². The zero-order chi connectivity index (χ0) is 16.3. The van der Waals surface area contributed by atoms with Crippen molar-refractivity contribution in [2.75, 3.05) is 18.0 Å². The van der Waals surface area contributed by atoms with Crippen LogP contribution in [0.15, 0.2) is 6.33 Å². The number of amides is 1. The molecule has 1 N–H and O–H groups in total. The molecule has 0 aliphatic heterocycles. The summed E-state index contributed by atoms with van der Waals surface area (Å²) in [7, 11) is 0. The summed E-state index contributed by atoms with van der Waals surface area (Å²) in [6.07, 6.45) is 2.50. The van der Waals surface area contributed by atoms with Gasteiger partial charge in [-0.3, -0.25) is 4.79 Å². The first-order valence-corrected chi connectivity index (χ1v) is 8.64. The average Bonchev–Trinajstić information content (AvgIpc) is 2.86. The second kappa shape index (κ2) is 7.05. The van der Waals surface area contributed by atoms with Gasteiger partial charge in [0.2, 0.25) is 0 Å². The molecule has 0 aliphatic carbocycles. The van der Waals surface area contributed by atoms with E-state index in [1.54, 1.807) is 6.33 Å². The minimum atomic E-state index is -0.0136. The molecule has 120 valence electrons. The molecular weight excluding hydrogens is 296 g/mol. The van der Waals surface area contributed by atoms with Crippen molar-refractivity contribution in [3.8, 4) is 0 Å². The molecule has 2 aromatic rings. The molecule has 0 spiro atoms. The normalized spacial score (nSPS) is 12.4. The van der Waals surface area contributed by atoms with Crippen LogP contribution in [-0.2, 0) is 0 Å². The van der Waals surface area contributed by atoms with E-state index in [4.69, 9.17) is 0 Å². The lowest BCUT2D eigenvalue weighted by molar-refractivity contribution is 0.0943. The largest absolute Gasteiger partial charge is 0.357 e. The number of carbonyl (C=O) groups excluding carboxylic acids is 1. The van der Waals surface area contributed by atoms with Gasteiger partial charge in [0.15, 0.2) is 0 Å². The fourth-order valence-electron chi connectivity index (χ4n) is 2.42. The van der Waals surface area contributed by atoms with Crippen molar-refractivity contribution in [1.29, 1.82) is 0 Å². The molecule has 1 amide bonds. The van der Waals surface area contributed by atoms with E-state index in [1.165, 1.54) is 11.3 Å². The van der Waals surface area contributed by atoms with Gasteiger partial charge in [0.25, 0.3) is 5.91 Å². The third-order valence-corrected chi connectivity index (χ3v) is 5.16. The molecule has 2 rings (SSSR count). The number of aryl methyl sites for hydroxylation is 1. The van der Waals surface area contributed by atoms with E-state index in [1.807, 2.05) is 13.8 Å². The zero-order valence-corrected chi connectivity index (χ0v) is 14.8. The monoisotopic (exact) mass is 320 g/mol. The third-order valence-electron chi connectivity index (χ3n) is 3.97. The molecule has 1 unspecified atom stereocenters. The lowest BCUT2D eigenvalue weighted by Crippen LogP contribution is -2.31. The molecule has 1 atom stereocenters. The van der Waals surface area contributed by atoms with Gasteiger partial charge in [0.1, 0.15) is 17.0 Å². The van der Waals surface area contributed by atoms with Crippen LogP contribution < -0.4 is 10.2 Å². The number of rotatable bonds is 6. The summed E-state index contributed by atoms with van der Waals surface area (Å²) >= 11 is 1.45. The smallest absolute Gasteiger partial charge is 0.261 e. The van der Waals surface area contributed by atoms with Crippen molar-refractivity contribution in [2.45, 2.75) is 47.1 Å². The Bertz CT molecular complexity index is 663. The lowest BCUT2D eigenvalue weighted by Gasteiger charge is -2.20. The Balaban J connectivity index is 2.50. The molecule has 5 nitrogen and oxygen atoms in total. The number of fused-ring (bicyclic) bond motifs is 1. The van der Waals surface area contributed by atoms with Gasteiger partial charge in [-0.15, -0.1) is 11.3 Å². The maximum atomic E-state index is 12.5. The quantitative estimate of drug-likeness (QED) is 0.886. The molecule has 0 radical (unpaired) electrons. The number of anilines is 1. The van der Waals surface area contributed by atoms with Crippen molar-refractivity contribution in [3.63, 3.8) is 0 Å². The van der Waals surface area contributed by atoms with Crippen LogP contribution >= 0.6 is 11.3 Å². The van der Waals surface area contributed by atoms with Crippen LogP contribution in [0.5, 0.6) is 0 Å². The van der Waals surface area contributed by atoms with Gasteiger partial charge in [0.05, 0.1) is 10.3 Å². The average molecular weight is 320 g/mol. The zero-order valence-electron chi connectivity index (χ0n) is 13.9. The molecule has 2 heterocycles. The van der Waals surface area contributed by atoms with Crippen LogP contribution in [0.4, 0.5) is 5.82 Å². The third kappa shape index (κ3) is 3.06. The summed E-state index contributed by atoms with van der Waals surface area (Å²) in [5, 5.41) is 4.04. The Morgan fingerprint density at radius 1 is 1.32 bits per heavy atom. The second-order valence-corrected chi connectivity index (χ2v) is 6.39. The van der Waals surface area contributed by atoms with Crippen LogP contribution in [0.25, 0.3) is 10.2 Å². The summed E-state index contributed by atoms with van der Waals surface area (Å²) in [5.74, 6) is 0.909. The Labute approximate surface area is 135 Å².